The molecule has 4 heteroatoms. The number of hydrogen-bond acceptors (Lipinski definition) is 3. The number of aromatic nitrogens is 2. The molecule has 2 aromatic heterocycles. The zero-order valence-electron chi connectivity index (χ0n) is 8.10. The Bertz CT molecular complexity index is 416. The maximum atomic E-state index is 5.53. The normalized spacial score (nSPS) is 10.7. The van der Waals surface area contributed by atoms with E-state index < -0.39 is 0 Å². The van der Waals surface area contributed by atoms with Crippen molar-refractivity contribution in [2.75, 3.05) is 0 Å². The number of nitrogens with zero attached hydrogens (tertiary/aromatic N) is 2. The van der Waals surface area contributed by atoms with Gasteiger partial charge in [-0.05, 0) is 25.1 Å². The molecule has 2 aromatic rings. The lowest BCUT2D eigenvalue weighted by atomic mass is 10.3. The van der Waals surface area contributed by atoms with Crippen LogP contribution in [0.15, 0.2) is 28.8 Å². The summed E-state index contributed by atoms with van der Waals surface area (Å²) in [5.74, 6) is 1.62. The molecule has 0 atom stereocenters. The standard InChI is InChI=1S/C10H13N3O/c1-2-13-9(5-6-12-13)10-4-3-8(7-11)14-10/h3-6H,2,7,11H2,1H3. The van der Waals surface area contributed by atoms with E-state index in [-0.39, 0.29) is 0 Å². The highest BCUT2D eigenvalue weighted by molar-refractivity contribution is 5.52. The van der Waals surface area contributed by atoms with Gasteiger partial charge in [0.1, 0.15) is 11.5 Å². The number of hydrogen-bond donors (Lipinski definition) is 1. The molecule has 2 heterocycles. The van der Waals surface area contributed by atoms with Crippen molar-refractivity contribution in [3.05, 3.63) is 30.2 Å². The summed E-state index contributed by atoms with van der Waals surface area (Å²) in [5.41, 5.74) is 6.46. The van der Waals surface area contributed by atoms with E-state index in [1.165, 1.54) is 0 Å². The Morgan fingerprint density at radius 1 is 1.43 bits per heavy atom. The lowest BCUT2D eigenvalue weighted by Crippen LogP contribution is -1.98. The monoisotopic (exact) mass is 191 g/mol. The van der Waals surface area contributed by atoms with Gasteiger partial charge in [-0.15, -0.1) is 0 Å². The Morgan fingerprint density at radius 3 is 2.93 bits per heavy atom. The van der Waals surface area contributed by atoms with Crippen molar-refractivity contribution in [3.63, 3.8) is 0 Å². The molecule has 4 nitrogen and oxygen atoms in total. The smallest absolute Gasteiger partial charge is 0.152 e. The van der Waals surface area contributed by atoms with Gasteiger partial charge in [-0.1, -0.05) is 0 Å². The number of nitrogens with two attached hydrogens (primary N) is 1. The molecule has 0 aromatic carbocycles. The molecule has 0 unspecified atom stereocenters. The number of aryl methyl sites for hydroxylation is 1. The van der Waals surface area contributed by atoms with Crippen LogP contribution >= 0.6 is 0 Å². The highest BCUT2D eigenvalue weighted by atomic mass is 16.3. The molecule has 0 bridgehead atoms. The summed E-state index contributed by atoms with van der Waals surface area (Å²) in [6, 6.07) is 5.75. The minimum atomic E-state index is 0.431. The van der Waals surface area contributed by atoms with Crippen LogP contribution in [-0.2, 0) is 13.1 Å². The van der Waals surface area contributed by atoms with Gasteiger partial charge in [0.05, 0.1) is 6.54 Å². The molecule has 0 aliphatic rings. The third-order valence-electron chi connectivity index (χ3n) is 2.13. The first-order valence-electron chi connectivity index (χ1n) is 4.66. The van der Waals surface area contributed by atoms with Gasteiger partial charge >= 0.3 is 0 Å². The fraction of sp³-hybridized carbons (Fsp3) is 0.300. The van der Waals surface area contributed by atoms with Gasteiger partial charge in [0.15, 0.2) is 5.76 Å². The fourth-order valence-electron chi connectivity index (χ4n) is 1.42. The molecule has 0 radical (unpaired) electrons. The lowest BCUT2D eigenvalue weighted by Gasteiger charge is -2.00. The Labute approximate surface area is 82.3 Å². The zero-order chi connectivity index (χ0) is 9.97. The Hall–Kier alpha value is -1.55. The molecule has 74 valence electrons. The second-order valence-electron chi connectivity index (χ2n) is 3.00. The van der Waals surface area contributed by atoms with Crippen molar-refractivity contribution >= 4 is 0 Å². The molecule has 0 aliphatic carbocycles. The first-order valence-corrected chi connectivity index (χ1v) is 4.66. The van der Waals surface area contributed by atoms with Gasteiger partial charge in [-0.3, -0.25) is 4.68 Å². The summed E-state index contributed by atoms with van der Waals surface area (Å²) in [6.07, 6.45) is 1.77. The summed E-state index contributed by atoms with van der Waals surface area (Å²) >= 11 is 0. The highest BCUT2D eigenvalue weighted by Gasteiger charge is 2.07. The summed E-state index contributed by atoms with van der Waals surface area (Å²) in [4.78, 5) is 0. The molecule has 0 saturated carbocycles. The van der Waals surface area contributed by atoms with Crippen LogP contribution in [0, 0.1) is 0 Å². The van der Waals surface area contributed by atoms with Crippen LogP contribution in [0.2, 0.25) is 0 Å². The van der Waals surface area contributed by atoms with E-state index in [0.29, 0.717) is 6.54 Å². The number of rotatable bonds is 3. The van der Waals surface area contributed by atoms with E-state index in [4.69, 9.17) is 10.2 Å². The van der Waals surface area contributed by atoms with Gasteiger partial charge in [0, 0.05) is 12.7 Å². The van der Waals surface area contributed by atoms with Crippen LogP contribution < -0.4 is 5.73 Å². The molecule has 0 amide bonds. The predicted octanol–water partition coefficient (Wildman–Crippen LogP) is 1.62. The van der Waals surface area contributed by atoms with E-state index in [1.807, 2.05) is 29.8 Å². The first kappa shape index (κ1) is 9.02. The third-order valence-corrected chi connectivity index (χ3v) is 2.13. The van der Waals surface area contributed by atoms with Crippen LogP contribution in [0.1, 0.15) is 12.7 Å². The zero-order valence-corrected chi connectivity index (χ0v) is 8.10. The third kappa shape index (κ3) is 1.44. The SMILES string of the molecule is CCn1nccc1-c1ccc(CN)o1. The summed E-state index contributed by atoms with van der Waals surface area (Å²) in [7, 11) is 0. The molecule has 0 saturated heterocycles. The fourth-order valence-corrected chi connectivity index (χ4v) is 1.42. The van der Waals surface area contributed by atoms with Crippen molar-refractivity contribution in [2.45, 2.75) is 20.0 Å². The van der Waals surface area contributed by atoms with Gasteiger partial charge < -0.3 is 10.2 Å². The summed E-state index contributed by atoms with van der Waals surface area (Å²) < 4.78 is 7.42. The molecule has 14 heavy (non-hydrogen) atoms. The molecule has 0 spiro atoms. The van der Waals surface area contributed by atoms with Crippen LogP contribution in [0.3, 0.4) is 0 Å². The average molecular weight is 191 g/mol. The van der Waals surface area contributed by atoms with E-state index in [2.05, 4.69) is 5.10 Å². The first-order chi connectivity index (χ1) is 6.85. The molecular weight excluding hydrogens is 178 g/mol. The predicted molar refractivity (Wildman–Crippen MR) is 53.5 cm³/mol. The van der Waals surface area contributed by atoms with Gasteiger partial charge in [-0.25, -0.2) is 0 Å². The van der Waals surface area contributed by atoms with Gasteiger partial charge in [0.25, 0.3) is 0 Å². The molecule has 2 rings (SSSR count). The van der Waals surface area contributed by atoms with Crippen molar-refractivity contribution in [2.24, 2.45) is 5.73 Å². The van der Waals surface area contributed by atoms with Gasteiger partial charge in [0.2, 0.25) is 0 Å². The van der Waals surface area contributed by atoms with Crippen molar-refractivity contribution in [1.29, 1.82) is 0 Å². The van der Waals surface area contributed by atoms with E-state index in [0.717, 1.165) is 23.8 Å². The second kappa shape index (κ2) is 3.67. The minimum absolute atomic E-state index is 0.431. The second-order valence-corrected chi connectivity index (χ2v) is 3.00. The maximum absolute atomic E-state index is 5.53. The van der Waals surface area contributed by atoms with Crippen molar-refractivity contribution < 1.29 is 4.42 Å². The van der Waals surface area contributed by atoms with Crippen LogP contribution in [0.4, 0.5) is 0 Å². The Kier molecular flexibility index (Phi) is 2.37. The van der Waals surface area contributed by atoms with E-state index in [9.17, 15) is 0 Å². The van der Waals surface area contributed by atoms with Gasteiger partial charge in [-0.2, -0.15) is 5.10 Å². The number of furan rings is 1. The van der Waals surface area contributed by atoms with Crippen molar-refractivity contribution in [3.8, 4) is 11.5 Å². The van der Waals surface area contributed by atoms with Crippen LogP contribution in [0.25, 0.3) is 11.5 Å². The molecule has 0 fully saturated rings. The average Bonchev–Trinajstić information content (AvgIpc) is 2.85. The summed E-state index contributed by atoms with van der Waals surface area (Å²) in [6.45, 7) is 3.31. The Morgan fingerprint density at radius 2 is 2.29 bits per heavy atom. The largest absolute Gasteiger partial charge is 0.458 e. The van der Waals surface area contributed by atoms with Crippen molar-refractivity contribution in [1.82, 2.24) is 9.78 Å². The quantitative estimate of drug-likeness (QED) is 0.802. The lowest BCUT2D eigenvalue weighted by molar-refractivity contribution is 0.516. The van der Waals surface area contributed by atoms with Crippen LogP contribution in [-0.4, -0.2) is 9.78 Å². The topological polar surface area (TPSA) is 57.0 Å². The molecule has 0 aliphatic heterocycles. The molecule has 2 N–H and O–H groups in total. The maximum Gasteiger partial charge on any atom is 0.152 e. The Balaban J connectivity index is 2.38. The van der Waals surface area contributed by atoms with E-state index in [1.54, 1.807) is 6.20 Å². The minimum Gasteiger partial charge on any atom is -0.458 e. The highest BCUT2D eigenvalue weighted by Crippen LogP contribution is 2.21. The summed E-state index contributed by atoms with van der Waals surface area (Å²) in [5, 5.41) is 4.17. The molecular formula is C10H13N3O. The van der Waals surface area contributed by atoms with E-state index >= 15 is 0 Å². The van der Waals surface area contributed by atoms with Crippen LogP contribution in [0.5, 0.6) is 0 Å².